The van der Waals surface area contributed by atoms with Crippen LogP contribution in [0.25, 0.3) is 0 Å². The minimum atomic E-state index is -0.603. The van der Waals surface area contributed by atoms with Crippen LogP contribution in [0.1, 0.15) is 58.8 Å². The van der Waals surface area contributed by atoms with Crippen molar-refractivity contribution in [3.8, 4) is 5.75 Å². The number of carbonyl (C=O) groups excluding carboxylic acids is 2. The molecular weight excluding hydrogens is 481 g/mol. The number of halogens is 1. The number of amides is 2. The van der Waals surface area contributed by atoms with Gasteiger partial charge in [-0.25, -0.2) is 4.39 Å². The van der Waals surface area contributed by atoms with Crippen LogP contribution in [0.4, 0.5) is 4.39 Å². The minimum absolute atomic E-state index is 0.0992. The summed E-state index contributed by atoms with van der Waals surface area (Å²) in [5.74, 6) is -0.487. The monoisotopic (exact) mass is 515 g/mol. The number of benzene rings is 3. The molecule has 3 atom stereocenters. The molecule has 1 N–H and O–H groups in total. The molecule has 3 aromatic rings. The molecule has 198 valence electrons. The molecule has 2 aliphatic heterocycles. The summed E-state index contributed by atoms with van der Waals surface area (Å²) in [4.78, 5) is 32.1. The van der Waals surface area contributed by atoms with Crippen LogP contribution in [-0.2, 0) is 11.3 Å². The summed E-state index contributed by atoms with van der Waals surface area (Å²) >= 11 is 0. The zero-order chi connectivity index (χ0) is 26.6. The van der Waals surface area contributed by atoms with Gasteiger partial charge in [-0.2, -0.15) is 0 Å². The van der Waals surface area contributed by atoms with Gasteiger partial charge in [0.2, 0.25) is 5.91 Å². The molecule has 7 heteroatoms. The summed E-state index contributed by atoms with van der Waals surface area (Å²) in [5, 5.41) is 3.24. The zero-order valence-corrected chi connectivity index (χ0v) is 21.9. The number of fused-ring (bicyclic) bond motifs is 1. The molecule has 5 rings (SSSR count). The highest BCUT2D eigenvalue weighted by Crippen LogP contribution is 2.44. The van der Waals surface area contributed by atoms with Crippen molar-refractivity contribution >= 4 is 11.8 Å². The van der Waals surface area contributed by atoms with E-state index >= 15 is 0 Å². The van der Waals surface area contributed by atoms with Gasteiger partial charge in [-0.15, -0.1) is 0 Å². The molecule has 0 unspecified atom stereocenters. The van der Waals surface area contributed by atoms with E-state index in [1.54, 1.807) is 30.2 Å². The minimum Gasteiger partial charge on any atom is -0.497 e. The van der Waals surface area contributed by atoms with Crippen LogP contribution in [0.15, 0.2) is 72.8 Å². The Bertz CT molecular complexity index is 1280. The molecule has 3 aromatic carbocycles. The molecule has 2 aliphatic rings. The number of likely N-dealkylation sites (N-methyl/N-ethyl adjacent to an activating group) is 1. The number of rotatable bonds is 8. The fraction of sp³-hybridized carbons (Fsp3) is 0.355. The molecule has 0 aliphatic carbocycles. The number of methoxy groups -OCH3 is 1. The summed E-state index contributed by atoms with van der Waals surface area (Å²) in [6.07, 6.45) is 2.20. The summed E-state index contributed by atoms with van der Waals surface area (Å²) < 4.78 is 19.0. The standard InChI is InChI=1S/C31H34FN3O3/c1-3-34-18-6-7-24(34)19-33-30(36)28-26-8-4-5-9-27(26)31(37)35(20-21-10-14-23(32)15-11-21)29(28)22-12-16-25(38-2)17-13-22/h4-5,8-17,24,28-29H,3,6-7,18-20H2,1-2H3,(H,33,36)/t24-,28-,29-/m1/s1. The number of hydrogen-bond acceptors (Lipinski definition) is 4. The number of nitrogens with zero attached hydrogens (tertiary/aromatic N) is 2. The van der Waals surface area contributed by atoms with Crippen LogP contribution in [0, 0.1) is 5.82 Å². The highest BCUT2D eigenvalue weighted by molar-refractivity contribution is 6.01. The number of hydrogen-bond donors (Lipinski definition) is 1. The van der Waals surface area contributed by atoms with Crippen molar-refractivity contribution < 1.29 is 18.7 Å². The van der Waals surface area contributed by atoms with Gasteiger partial charge in [-0.3, -0.25) is 14.5 Å². The van der Waals surface area contributed by atoms with Crippen molar-refractivity contribution in [2.75, 3.05) is 26.7 Å². The van der Waals surface area contributed by atoms with E-state index in [0.29, 0.717) is 23.9 Å². The van der Waals surface area contributed by atoms with Crippen LogP contribution in [-0.4, -0.2) is 54.4 Å². The molecule has 1 fully saturated rings. The van der Waals surface area contributed by atoms with Gasteiger partial charge in [0.05, 0.1) is 19.1 Å². The van der Waals surface area contributed by atoms with Crippen molar-refractivity contribution in [3.63, 3.8) is 0 Å². The molecule has 0 bridgehead atoms. The van der Waals surface area contributed by atoms with Gasteiger partial charge in [-0.05, 0) is 73.0 Å². The quantitative estimate of drug-likeness (QED) is 0.463. The normalized spacial score (nSPS) is 21.3. The first-order valence-electron chi connectivity index (χ1n) is 13.3. The molecule has 0 radical (unpaired) electrons. The van der Waals surface area contributed by atoms with Gasteiger partial charge in [-0.1, -0.05) is 49.4 Å². The summed E-state index contributed by atoms with van der Waals surface area (Å²) in [7, 11) is 1.61. The Morgan fingerprint density at radius 2 is 1.79 bits per heavy atom. The average Bonchev–Trinajstić information content (AvgIpc) is 3.42. The fourth-order valence-corrected chi connectivity index (χ4v) is 5.88. The van der Waals surface area contributed by atoms with E-state index in [1.807, 2.05) is 42.5 Å². The Morgan fingerprint density at radius 1 is 1.05 bits per heavy atom. The van der Waals surface area contributed by atoms with Gasteiger partial charge >= 0.3 is 0 Å². The molecule has 0 spiro atoms. The van der Waals surface area contributed by atoms with Gasteiger partial charge in [0.15, 0.2) is 0 Å². The Kier molecular flexibility index (Phi) is 7.74. The van der Waals surface area contributed by atoms with E-state index in [9.17, 15) is 14.0 Å². The second-order valence-electron chi connectivity index (χ2n) is 10.0. The largest absolute Gasteiger partial charge is 0.497 e. The molecule has 0 saturated carbocycles. The van der Waals surface area contributed by atoms with Crippen molar-refractivity contribution in [2.45, 2.75) is 44.3 Å². The maximum absolute atomic E-state index is 14.0. The first kappa shape index (κ1) is 25.9. The van der Waals surface area contributed by atoms with Crippen LogP contribution in [0.2, 0.25) is 0 Å². The van der Waals surface area contributed by atoms with E-state index in [2.05, 4.69) is 17.1 Å². The molecular formula is C31H34FN3O3. The Hall–Kier alpha value is -3.71. The molecule has 1 saturated heterocycles. The van der Waals surface area contributed by atoms with E-state index in [-0.39, 0.29) is 24.2 Å². The van der Waals surface area contributed by atoms with Gasteiger partial charge < -0.3 is 15.0 Å². The van der Waals surface area contributed by atoms with E-state index in [1.165, 1.54) is 12.1 Å². The Labute approximate surface area is 223 Å². The summed E-state index contributed by atoms with van der Waals surface area (Å²) in [5.41, 5.74) is 2.88. The molecule has 2 amide bonds. The van der Waals surface area contributed by atoms with E-state index < -0.39 is 12.0 Å². The predicted octanol–water partition coefficient (Wildman–Crippen LogP) is 4.92. The lowest BCUT2D eigenvalue weighted by atomic mass is 9.79. The van der Waals surface area contributed by atoms with Gasteiger partial charge in [0.25, 0.3) is 5.91 Å². The number of ether oxygens (including phenoxy) is 1. The van der Waals surface area contributed by atoms with Gasteiger partial charge in [0.1, 0.15) is 11.6 Å². The van der Waals surface area contributed by atoms with Crippen molar-refractivity contribution in [3.05, 3.63) is 101 Å². The molecule has 2 heterocycles. The van der Waals surface area contributed by atoms with E-state index in [0.717, 1.165) is 42.6 Å². The molecule has 38 heavy (non-hydrogen) atoms. The second-order valence-corrected chi connectivity index (χ2v) is 10.0. The first-order chi connectivity index (χ1) is 18.5. The van der Waals surface area contributed by atoms with Crippen molar-refractivity contribution in [2.24, 2.45) is 0 Å². The van der Waals surface area contributed by atoms with Gasteiger partial charge in [0, 0.05) is 24.7 Å². The summed E-state index contributed by atoms with van der Waals surface area (Å²) in [6, 6.07) is 20.8. The highest BCUT2D eigenvalue weighted by Gasteiger charge is 2.44. The van der Waals surface area contributed by atoms with Crippen molar-refractivity contribution in [1.82, 2.24) is 15.1 Å². The first-order valence-corrected chi connectivity index (χ1v) is 13.3. The van der Waals surface area contributed by atoms with Crippen LogP contribution < -0.4 is 10.1 Å². The van der Waals surface area contributed by atoms with Crippen LogP contribution >= 0.6 is 0 Å². The third kappa shape index (κ3) is 5.16. The Balaban J connectivity index is 1.55. The lowest BCUT2D eigenvalue weighted by molar-refractivity contribution is -0.124. The Morgan fingerprint density at radius 3 is 2.50 bits per heavy atom. The average molecular weight is 516 g/mol. The fourth-order valence-electron chi connectivity index (χ4n) is 5.88. The third-order valence-electron chi connectivity index (χ3n) is 7.86. The smallest absolute Gasteiger partial charge is 0.255 e. The zero-order valence-electron chi connectivity index (χ0n) is 21.9. The number of carbonyl (C=O) groups is 2. The van der Waals surface area contributed by atoms with E-state index in [4.69, 9.17) is 4.74 Å². The maximum Gasteiger partial charge on any atom is 0.255 e. The predicted molar refractivity (Wildman–Crippen MR) is 144 cm³/mol. The highest BCUT2D eigenvalue weighted by atomic mass is 19.1. The molecule has 0 aromatic heterocycles. The lowest BCUT2D eigenvalue weighted by Crippen LogP contribution is -2.48. The van der Waals surface area contributed by atoms with Crippen LogP contribution in [0.5, 0.6) is 5.75 Å². The van der Waals surface area contributed by atoms with Crippen LogP contribution in [0.3, 0.4) is 0 Å². The SMILES string of the molecule is CCN1CCC[C@@H]1CNC(=O)[C@@H]1c2ccccc2C(=O)N(Cc2ccc(F)cc2)[C@@H]1c1ccc(OC)cc1. The number of nitrogens with one attached hydrogen (secondary N) is 1. The number of likely N-dealkylation sites (tertiary alicyclic amines) is 1. The second kappa shape index (κ2) is 11.4. The lowest BCUT2D eigenvalue weighted by Gasteiger charge is -2.42. The maximum atomic E-state index is 14.0. The third-order valence-corrected chi connectivity index (χ3v) is 7.86. The topological polar surface area (TPSA) is 61.9 Å². The summed E-state index contributed by atoms with van der Waals surface area (Å²) in [6.45, 7) is 4.99. The molecule has 6 nitrogen and oxygen atoms in total. The van der Waals surface area contributed by atoms with Crippen molar-refractivity contribution in [1.29, 1.82) is 0 Å².